The summed E-state index contributed by atoms with van der Waals surface area (Å²) in [4.78, 5) is 13.8. The smallest absolute Gasteiger partial charge is 0.227 e. The number of rotatable bonds is 2. The van der Waals surface area contributed by atoms with Crippen molar-refractivity contribution in [1.29, 1.82) is 0 Å². The van der Waals surface area contributed by atoms with E-state index in [2.05, 4.69) is 0 Å². The van der Waals surface area contributed by atoms with E-state index in [1.165, 1.54) is 0 Å². The lowest BCUT2D eigenvalue weighted by molar-refractivity contribution is -0.130. The molecule has 1 aliphatic heterocycles. The zero-order chi connectivity index (χ0) is 13.3. The third kappa shape index (κ3) is 2.97. The number of carbonyl (C=O) groups excluding carboxylic acids is 1. The van der Waals surface area contributed by atoms with Crippen LogP contribution in [0.1, 0.15) is 18.9 Å². The van der Waals surface area contributed by atoms with Crippen LogP contribution in [0.3, 0.4) is 0 Å². The van der Waals surface area contributed by atoms with E-state index in [0.717, 1.165) is 0 Å². The minimum Gasteiger partial charge on any atom is -0.388 e. The van der Waals surface area contributed by atoms with Gasteiger partial charge in [-0.2, -0.15) is 0 Å². The molecule has 18 heavy (non-hydrogen) atoms. The van der Waals surface area contributed by atoms with Crippen molar-refractivity contribution in [1.82, 2.24) is 4.90 Å². The zero-order valence-corrected chi connectivity index (χ0v) is 11.6. The molecular formula is C13H15Cl2NO2. The van der Waals surface area contributed by atoms with Gasteiger partial charge in [0.2, 0.25) is 5.91 Å². The summed E-state index contributed by atoms with van der Waals surface area (Å²) in [6.45, 7) is 2.69. The quantitative estimate of drug-likeness (QED) is 0.908. The first-order valence-corrected chi connectivity index (χ1v) is 6.58. The van der Waals surface area contributed by atoms with E-state index in [1.807, 2.05) is 0 Å². The third-order valence-electron chi connectivity index (χ3n) is 3.19. The second-order valence-corrected chi connectivity index (χ2v) is 5.75. The van der Waals surface area contributed by atoms with Crippen LogP contribution in [0, 0.1) is 0 Å². The van der Waals surface area contributed by atoms with Crippen LogP contribution in [0.2, 0.25) is 10.0 Å². The van der Waals surface area contributed by atoms with Crippen molar-refractivity contribution in [3.05, 3.63) is 33.8 Å². The summed E-state index contributed by atoms with van der Waals surface area (Å²) in [5.41, 5.74) is -0.127. The van der Waals surface area contributed by atoms with Crippen LogP contribution in [-0.4, -0.2) is 34.6 Å². The van der Waals surface area contributed by atoms with Crippen molar-refractivity contribution in [3.63, 3.8) is 0 Å². The van der Waals surface area contributed by atoms with E-state index >= 15 is 0 Å². The van der Waals surface area contributed by atoms with Crippen LogP contribution < -0.4 is 0 Å². The van der Waals surface area contributed by atoms with E-state index in [9.17, 15) is 9.90 Å². The molecule has 1 N–H and O–H groups in total. The second-order valence-electron chi connectivity index (χ2n) is 4.94. The maximum absolute atomic E-state index is 12.1. The minimum absolute atomic E-state index is 0.0530. The average molecular weight is 288 g/mol. The van der Waals surface area contributed by atoms with Gasteiger partial charge in [-0.15, -0.1) is 0 Å². The monoisotopic (exact) mass is 287 g/mol. The van der Waals surface area contributed by atoms with Gasteiger partial charge in [0.25, 0.3) is 0 Å². The van der Waals surface area contributed by atoms with E-state index < -0.39 is 5.60 Å². The van der Waals surface area contributed by atoms with Crippen molar-refractivity contribution in [2.45, 2.75) is 25.4 Å². The first-order valence-electron chi connectivity index (χ1n) is 5.82. The van der Waals surface area contributed by atoms with Gasteiger partial charge in [-0.1, -0.05) is 29.3 Å². The summed E-state index contributed by atoms with van der Waals surface area (Å²) in [7, 11) is 0. The van der Waals surface area contributed by atoms with E-state index in [0.29, 0.717) is 35.1 Å². The normalized spacial score (nSPS) is 23.4. The Kier molecular flexibility index (Phi) is 3.85. The molecule has 0 saturated carbocycles. The van der Waals surface area contributed by atoms with Gasteiger partial charge in [0.05, 0.1) is 12.0 Å². The van der Waals surface area contributed by atoms with E-state index in [1.54, 1.807) is 30.0 Å². The number of β-amino-alcohol motifs (C(OH)–C–C–N with tert-alkyl or cyclic N) is 1. The Morgan fingerprint density at radius 3 is 2.56 bits per heavy atom. The molecule has 1 aliphatic rings. The number of aliphatic hydroxyl groups is 1. The molecule has 3 nitrogen and oxygen atoms in total. The fourth-order valence-corrected chi connectivity index (χ4v) is 2.65. The third-order valence-corrected chi connectivity index (χ3v) is 3.90. The predicted octanol–water partition coefficient (Wildman–Crippen LogP) is 2.52. The Morgan fingerprint density at radius 1 is 1.44 bits per heavy atom. The predicted molar refractivity (Wildman–Crippen MR) is 72.0 cm³/mol. The highest BCUT2D eigenvalue weighted by molar-refractivity contribution is 6.36. The van der Waals surface area contributed by atoms with Gasteiger partial charge in [0.15, 0.2) is 0 Å². The molecule has 0 aromatic heterocycles. The van der Waals surface area contributed by atoms with E-state index in [-0.39, 0.29) is 12.3 Å². The molecule has 1 aromatic carbocycles. The number of likely N-dealkylation sites (tertiary alicyclic amines) is 1. The summed E-state index contributed by atoms with van der Waals surface area (Å²) >= 11 is 12.1. The number of nitrogens with zero attached hydrogens (tertiary/aromatic N) is 1. The zero-order valence-electron chi connectivity index (χ0n) is 10.1. The van der Waals surface area contributed by atoms with E-state index in [4.69, 9.17) is 23.2 Å². The minimum atomic E-state index is -0.778. The number of hydrogen-bond acceptors (Lipinski definition) is 2. The van der Waals surface area contributed by atoms with Crippen LogP contribution in [0.15, 0.2) is 18.2 Å². The van der Waals surface area contributed by atoms with Gasteiger partial charge < -0.3 is 10.0 Å². The van der Waals surface area contributed by atoms with Gasteiger partial charge >= 0.3 is 0 Å². The SMILES string of the molecule is CC1(O)CCN(C(=O)Cc2c(Cl)cccc2Cl)C1. The van der Waals surface area contributed by atoms with Crippen LogP contribution in [-0.2, 0) is 11.2 Å². The van der Waals surface area contributed by atoms with Crippen LogP contribution in [0.4, 0.5) is 0 Å². The lowest BCUT2D eigenvalue weighted by atomic mass is 10.1. The fraction of sp³-hybridized carbons (Fsp3) is 0.462. The lowest BCUT2D eigenvalue weighted by Crippen LogP contribution is -2.34. The van der Waals surface area contributed by atoms with Crippen LogP contribution >= 0.6 is 23.2 Å². The molecule has 1 amide bonds. The molecule has 98 valence electrons. The van der Waals surface area contributed by atoms with Gasteiger partial charge in [0, 0.05) is 23.1 Å². The highest BCUT2D eigenvalue weighted by atomic mass is 35.5. The van der Waals surface area contributed by atoms with Crippen molar-refractivity contribution >= 4 is 29.1 Å². The molecule has 0 bridgehead atoms. The second kappa shape index (κ2) is 5.08. The average Bonchev–Trinajstić information content (AvgIpc) is 2.64. The van der Waals surface area contributed by atoms with Gasteiger partial charge in [-0.25, -0.2) is 0 Å². The molecule has 1 atom stereocenters. The molecule has 5 heteroatoms. The molecular weight excluding hydrogens is 273 g/mol. The molecule has 0 spiro atoms. The highest BCUT2D eigenvalue weighted by Gasteiger charge is 2.34. The largest absolute Gasteiger partial charge is 0.388 e. The molecule has 1 fully saturated rings. The first kappa shape index (κ1) is 13.7. The highest BCUT2D eigenvalue weighted by Crippen LogP contribution is 2.27. The topological polar surface area (TPSA) is 40.5 Å². The molecule has 1 unspecified atom stereocenters. The van der Waals surface area contributed by atoms with Crippen molar-refractivity contribution in [2.75, 3.05) is 13.1 Å². The number of hydrogen-bond donors (Lipinski definition) is 1. The molecule has 0 aliphatic carbocycles. The molecule has 0 radical (unpaired) electrons. The maximum atomic E-state index is 12.1. The Hall–Kier alpha value is -0.770. The number of amides is 1. The summed E-state index contributed by atoms with van der Waals surface area (Å²) < 4.78 is 0. The lowest BCUT2D eigenvalue weighted by Gasteiger charge is -2.19. The summed E-state index contributed by atoms with van der Waals surface area (Å²) in [5.74, 6) is -0.0530. The summed E-state index contributed by atoms with van der Waals surface area (Å²) in [5, 5.41) is 10.8. The standard InChI is InChI=1S/C13H15Cl2NO2/c1-13(18)5-6-16(8-13)12(17)7-9-10(14)3-2-4-11(9)15/h2-4,18H,5-8H2,1H3. The number of halogens is 2. The number of carbonyl (C=O) groups is 1. The van der Waals surface area contributed by atoms with Crippen molar-refractivity contribution < 1.29 is 9.90 Å². The fourth-order valence-electron chi connectivity index (χ4n) is 2.12. The Balaban J connectivity index is 2.08. The molecule has 1 heterocycles. The molecule has 2 rings (SSSR count). The molecule has 1 aromatic rings. The van der Waals surface area contributed by atoms with Crippen LogP contribution in [0.5, 0.6) is 0 Å². The van der Waals surface area contributed by atoms with Crippen molar-refractivity contribution in [3.8, 4) is 0 Å². The van der Waals surface area contributed by atoms with Gasteiger partial charge in [-0.05, 0) is 31.0 Å². The Morgan fingerprint density at radius 2 is 2.06 bits per heavy atom. The van der Waals surface area contributed by atoms with Crippen LogP contribution in [0.25, 0.3) is 0 Å². The first-order chi connectivity index (χ1) is 8.39. The number of benzene rings is 1. The maximum Gasteiger partial charge on any atom is 0.227 e. The Bertz CT molecular complexity index is 454. The van der Waals surface area contributed by atoms with Gasteiger partial charge in [-0.3, -0.25) is 4.79 Å². The summed E-state index contributed by atoms with van der Waals surface area (Å²) in [6, 6.07) is 5.19. The Labute approximate surface area is 116 Å². The summed E-state index contributed by atoms with van der Waals surface area (Å²) in [6.07, 6.45) is 0.781. The molecule has 1 saturated heterocycles. The van der Waals surface area contributed by atoms with Crippen molar-refractivity contribution in [2.24, 2.45) is 0 Å². The van der Waals surface area contributed by atoms with Gasteiger partial charge in [0.1, 0.15) is 0 Å².